The quantitative estimate of drug-likeness (QED) is 0.720. The van der Waals surface area contributed by atoms with Crippen LogP contribution in [0.3, 0.4) is 0 Å². The number of aromatic nitrogens is 4. The molecule has 2 heterocycles. The third kappa shape index (κ3) is 2.93. The molecule has 0 saturated carbocycles. The van der Waals surface area contributed by atoms with Crippen molar-refractivity contribution in [1.29, 1.82) is 0 Å². The minimum Gasteiger partial charge on any atom is -0.462 e. The van der Waals surface area contributed by atoms with E-state index in [2.05, 4.69) is 20.6 Å². The third-order valence-electron chi connectivity index (χ3n) is 3.01. The van der Waals surface area contributed by atoms with Crippen molar-refractivity contribution in [2.24, 2.45) is 0 Å². The second-order valence-corrected chi connectivity index (χ2v) is 5.25. The molecule has 0 fully saturated rings. The van der Waals surface area contributed by atoms with Gasteiger partial charge in [0, 0.05) is 5.56 Å². The van der Waals surface area contributed by atoms with Gasteiger partial charge in [-0.1, -0.05) is 34.4 Å². The highest BCUT2D eigenvalue weighted by atomic mass is 35.5. The fourth-order valence-corrected chi connectivity index (χ4v) is 2.31. The summed E-state index contributed by atoms with van der Waals surface area (Å²) in [6.07, 6.45) is 1.42. The fraction of sp³-hybridized carbons (Fsp3) is 0.143. The van der Waals surface area contributed by atoms with Crippen molar-refractivity contribution >= 4 is 29.2 Å². The number of esters is 1. The smallest absolute Gasteiger partial charge is 0.344 e. The van der Waals surface area contributed by atoms with E-state index < -0.39 is 5.97 Å². The van der Waals surface area contributed by atoms with Gasteiger partial charge in [-0.2, -0.15) is 15.4 Å². The summed E-state index contributed by atoms with van der Waals surface area (Å²) in [5.74, 6) is -0.411. The number of halogens is 2. The van der Waals surface area contributed by atoms with E-state index in [0.717, 1.165) is 0 Å². The van der Waals surface area contributed by atoms with Crippen LogP contribution in [0.4, 0.5) is 0 Å². The average Bonchev–Trinajstić information content (AvgIpc) is 3.18. The molecular weight excluding hydrogens is 343 g/mol. The van der Waals surface area contributed by atoms with Gasteiger partial charge >= 0.3 is 5.97 Å². The van der Waals surface area contributed by atoms with Gasteiger partial charge in [-0.15, -0.1) is 0 Å². The zero-order valence-electron chi connectivity index (χ0n) is 11.8. The van der Waals surface area contributed by atoms with Crippen LogP contribution in [-0.2, 0) is 4.74 Å². The molecular formula is C14H10Cl2N4O3. The van der Waals surface area contributed by atoms with Crippen molar-refractivity contribution in [2.75, 3.05) is 6.61 Å². The maximum absolute atomic E-state index is 12.3. The molecule has 9 heteroatoms. The van der Waals surface area contributed by atoms with Gasteiger partial charge in [-0.3, -0.25) is 0 Å². The molecule has 0 aliphatic heterocycles. The number of ether oxygens (including phenoxy) is 1. The minimum atomic E-state index is -0.576. The standard InChI is InChI=1S/C14H10Cl2N4O3/c1-2-22-14(21)11-12(7-3-4-8(15)9(16)5-7)19-23-13(11)10-6-17-20-18-10/h3-6H,2H2,1H3,(H,17,18,20). The van der Waals surface area contributed by atoms with Gasteiger partial charge in [0.2, 0.25) is 5.76 Å². The highest BCUT2D eigenvalue weighted by Crippen LogP contribution is 2.34. The van der Waals surface area contributed by atoms with Crippen LogP contribution in [0.2, 0.25) is 10.0 Å². The second-order valence-electron chi connectivity index (χ2n) is 4.44. The molecule has 23 heavy (non-hydrogen) atoms. The van der Waals surface area contributed by atoms with Crippen LogP contribution < -0.4 is 0 Å². The predicted molar refractivity (Wildman–Crippen MR) is 83.3 cm³/mol. The van der Waals surface area contributed by atoms with E-state index in [4.69, 9.17) is 32.5 Å². The number of aromatic amines is 1. The van der Waals surface area contributed by atoms with Gasteiger partial charge < -0.3 is 9.26 Å². The average molecular weight is 353 g/mol. The van der Waals surface area contributed by atoms with Crippen LogP contribution in [0.15, 0.2) is 28.9 Å². The first-order chi connectivity index (χ1) is 11.1. The zero-order chi connectivity index (χ0) is 16.4. The largest absolute Gasteiger partial charge is 0.462 e. The van der Waals surface area contributed by atoms with Crippen molar-refractivity contribution in [3.05, 3.63) is 40.0 Å². The van der Waals surface area contributed by atoms with Crippen LogP contribution in [0, 0.1) is 0 Å². The van der Waals surface area contributed by atoms with Gasteiger partial charge in [0.05, 0.1) is 22.8 Å². The van der Waals surface area contributed by atoms with E-state index in [1.807, 2.05) is 0 Å². The molecule has 2 aromatic heterocycles. The topological polar surface area (TPSA) is 93.9 Å². The Morgan fingerprint density at radius 1 is 1.35 bits per heavy atom. The minimum absolute atomic E-state index is 0.152. The Bertz CT molecular complexity index is 846. The Morgan fingerprint density at radius 3 is 2.83 bits per heavy atom. The number of hydrogen-bond acceptors (Lipinski definition) is 6. The molecule has 0 radical (unpaired) electrons. The molecule has 0 saturated heterocycles. The number of rotatable bonds is 4. The Hall–Kier alpha value is -2.38. The Balaban J connectivity index is 2.17. The van der Waals surface area contributed by atoms with Crippen LogP contribution in [0.1, 0.15) is 17.3 Å². The molecule has 0 spiro atoms. The molecule has 1 aromatic carbocycles. The van der Waals surface area contributed by atoms with Crippen molar-refractivity contribution in [3.63, 3.8) is 0 Å². The Kier molecular flexibility index (Phi) is 4.31. The molecule has 0 amide bonds. The van der Waals surface area contributed by atoms with Gasteiger partial charge in [0.1, 0.15) is 11.3 Å². The summed E-state index contributed by atoms with van der Waals surface area (Å²) in [5.41, 5.74) is 1.35. The third-order valence-corrected chi connectivity index (χ3v) is 3.75. The number of hydrogen-bond donors (Lipinski definition) is 1. The van der Waals surface area contributed by atoms with Crippen molar-refractivity contribution in [3.8, 4) is 22.7 Å². The predicted octanol–water partition coefficient (Wildman–Crippen LogP) is 3.61. The van der Waals surface area contributed by atoms with Crippen LogP contribution in [-0.4, -0.2) is 33.1 Å². The normalized spacial score (nSPS) is 10.7. The first kappa shape index (κ1) is 15.5. The summed E-state index contributed by atoms with van der Waals surface area (Å²) in [6, 6.07) is 4.89. The summed E-state index contributed by atoms with van der Waals surface area (Å²) >= 11 is 11.9. The lowest BCUT2D eigenvalue weighted by Crippen LogP contribution is -2.06. The number of H-pyrrole nitrogens is 1. The molecule has 1 N–H and O–H groups in total. The molecule has 0 atom stereocenters. The van der Waals surface area contributed by atoms with E-state index >= 15 is 0 Å². The number of nitrogens with zero attached hydrogens (tertiary/aromatic N) is 3. The van der Waals surface area contributed by atoms with Gasteiger partial charge in [0.25, 0.3) is 0 Å². The lowest BCUT2D eigenvalue weighted by atomic mass is 10.1. The first-order valence-electron chi connectivity index (χ1n) is 6.60. The molecule has 0 aliphatic carbocycles. The second kappa shape index (κ2) is 6.39. The maximum Gasteiger partial charge on any atom is 0.344 e. The van der Waals surface area contributed by atoms with E-state index in [1.54, 1.807) is 25.1 Å². The highest BCUT2D eigenvalue weighted by Gasteiger charge is 2.27. The molecule has 7 nitrogen and oxygen atoms in total. The zero-order valence-corrected chi connectivity index (χ0v) is 13.4. The van der Waals surface area contributed by atoms with Crippen LogP contribution >= 0.6 is 23.2 Å². The number of nitrogens with one attached hydrogen (secondary N) is 1. The number of carbonyl (C=O) groups is 1. The van der Waals surface area contributed by atoms with Crippen molar-refractivity contribution in [2.45, 2.75) is 6.92 Å². The first-order valence-corrected chi connectivity index (χ1v) is 7.35. The maximum atomic E-state index is 12.3. The number of benzene rings is 1. The summed E-state index contributed by atoms with van der Waals surface area (Å²) in [5, 5.41) is 14.7. The van der Waals surface area contributed by atoms with Crippen molar-refractivity contribution in [1.82, 2.24) is 20.6 Å². The van der Waals surface area contributed by atoms with Crippen molar-refractivity contribution < 1.29 is 14.1 Å². The van der Waals surface area contributed by atoms with E-state index in [9.17, 15) is 4.79 Å². The molecule has 118 valence electrons. The molecule has 3 rings (SSSR count). The van der Waals surface area contributed by atoms with Crippen LogP contribution in [0.25, 0.3) is 22.7 Å². The summed E-state index contributed by atoms with van der Waals surface area (Å²) < 4.78 is 10.4. The number of carbonyl (C=O) groups excluding carboxylic acids is 1. The van der Waals surface area contributed by atoms with Gasteiger partial charge in [0.15, 0.2) is 5.69 Å². The summed E-state index contributed by atoms with van der Waals surface area (Å²) in [6.45, 7) is 1.92. The monoisotopic (exact) mass is 352 g/mol. The fourth-order valence-electron chi connectivity index (χ4n) is 2.01. The van der Waals surface area contributed by atoms with Crippen LogP contribution in [0.5, 0.6) is 0 Å². The molecule has 3 aromatic rings. The van der Waals surface area contributed by atoms with E-state index in [0.29, 0.717) is 27.0 Å². The SMILES string of the molecule is CCOC(=O)c1c(-c2ccc(Cl)c(Cl)c2)noc1-c1cn[nH]n1. The lowest BCUT2D eigenvalue weighted by molar-refractivity contribution is 0.0527. The van der Waals surface area contributed by atoms with Gasteiger partial charge in [-0.25, -0.2) is 4.79 Å². The molecule has 0 aliphatic rings. The highest BCUT2D eigenvalue weighted by molar-refractivity contribution is 6.42. The Labute approximate surface area is 140 Å². The molecule has 0 bridgehead atoms. The Morgan fingerprint density at radius 2 is 2.17 bits per heavy atom. The molecule has 0 unspecified atom stereocenters. The van der Waals surface area contributed by atoms with E-state index in [-0.39, 0.29) is 17.9 Å². The summed E-state index contributed by atoms with van der Waals surface area (Å²) in [7, 11) is 0. The van der Waals surface area contributed by atoms with Gasteiger partial charge in [-0.05, 0) is 19.1 Å². The summed E-state index contributed by atoms with van der Waals surface area (Å²) in [4.78, 5) is 12.3. The lowest BCUT2D eigenvalue weighted by Gasteiger charge is -2.04. The van der Waals surface area contributed by atoms with E-state index in [1.165, 1.54) is 6.20 Å².